The molecule has 0 heterocycles. The number of aromatic hydroxyl groups is 1. The number of hydrogen-bond acceptors (Lipinski definition) is 2. The Labute approximate surface area is 109 Å². The molecule has 4 heteroatoms. The number of amides is 1. The zero-order chi connectivity index (χ0) is 12.3. The fourth-order valence-electron chi connectivity index (χ4n) is 2.09. The topological polar surface area (TPSA) is 49.3 Å². The van der Waals surface area contributed by atoms with Crippen molar-refractivity contribution in [3.63, 3.8) is 0 Å². The molecule has 17 heavy (non-hydrogen) atoms. The van der Waals surface area contributed by atoms with Crippen LogP contribution in [-0.2, 0) is 11.2 Å². The average molecular weight is 298 g/mol. The number of phenols is 1. The smallest absolute Gasteiger partial charge is 0.224 e. The van der Waals surface area contributed by atoms with E-state index in [1.54, 1.807) is 18.2 Å². The van der Waals surface area contributed by atoms with Gasteiger partial charge in [0.2, 0.25) is 5.91 Å². The van der Waals surface area contributed by atoms with Crippen LogP contribution in [0, 0.1) is 0 Å². The van der Waals surface area contributed by atoms with Gasteiger partial charge in [-0.05, 0) is 37.0 Å². The lowest BCUT2D eigenvalue weighted by atomic mass is 9.78. The minimum atomic E-state index is -0.0338. The van der Waals surface area contributed by atoms with Gasteiger partial charge in [-0.15, -0.1) is 0 Å². The third kappa shape index (κ3) is 3.00. The van der Waals surface area contributed by atoms with Gasteiger partial charge in [0.15, 0.2) is 0 Å². The van der Waals surface area contributed by atoms with Gasteiger partial charge in [0, 0.05) is 10.9 Å². The van der Waals surface area contributed by atoms with Crippen molar-refractivity contribution in [1.82, 2.24) is 5.32 Å². The average Bonchev–Trinajstić information content (AvgIpc) is 2.23. The van der Waals surface area contributed by atoms with Gasteiger partial charge in [0.25, 0.3) is 0 Å². The first-order valence-electron chi connectivity index (χ1n) is 5.78. The minimum Gasteiger partial charge on any atom is -0.508 e. The molecule has 2 N–H and O–H groups in total. The second-order valence-electron chi connectivity index (χ2n) is 4.66. The van der Waals surface area contributed by atoms with Gasteiger partial charge < -0.3 is 10.4 Å². The van der Waals surface area contributed by atoms with E-state index in [-0.39, 0.29) is 17.2 Å². The Morgan fingerprint density at radius 3 is 2.76 bits per heavy atom. The van der Waals surface area contributed by atoms with E-state index in [0.29, 0.717) is 6.42 Å². The van der Waals surface area contributed by atoms with Gasteiger partial charge in [-0.3, -0.25) is 4.79 Å². The van der Waals surface area contributed by atoms with Crippen molar-refractivity contribution in [1.29, 1.82) is 0 Å². The summed E-state index contributed by atoms with van der Waals surface area (Å²) >= 11 is 3.45. The summed E-state index contributed by atoms with van der Waals surface area (Å²) in [6, 6.07) is 6.83. The first-order valence-corrected chi connectivity index (χ1v) is 6.91. The molecule has 2 rings (SSSR count). The van der Waals surface area contributed by atoms with Gasteiger partial charge in [0.1, 0.15) is 5.75 Å². The van der Waals surface area contributed by atoms with Gasteiger partial charge in [0.05, 0.1) is 6.42 Å². The number of nitrogens with one attached hydrogen (secondary N) is 1. The maximum Gasteiger partial charge on any atom is 0.224 e. The Hall–Kier alpha value is -1.03. The molecule has 0 aromatic heterocycles. The summed E-state index contributed by atoms with van der Waals surface area (Å²) in [5.74, 6) is 0.226. The Kier molecular flexibility index (Phi) is 3.72. The van der Waals surface area contributed by atoms with E-state index in [4.69, 9.17) is 0 Å². The van der Waals surface area contributed by atoms with Gasteiger partial charge in [-0.2, -0.15) is 0 Å². The van der Waals surface area contributed by atoms with Crippen LogP contribution in [-0.4, -0.2) is 21.9 Å². The van der Waals surface area contributed by atoms with E-state index < -0.39 is 0 Å². The zero-order valence-electron chi connectivity index (χ0n) is 9.58. The summed E-state index contributed by atoms with van der Waals surface area (Å²) in [5.41, 5.74) is 0.806. The molecule has 0 bridgehead atoms. The van der Waals surface area contributed by atoms with Crippen LogP contribution in [0.2, 0.25) is 0 Å². The molecule has 3 nitrogen and oxygen atoms in total. The van der Waals surface area contributed by atoms with Crippen LogP contribution in [0.5, 0.6) is 5.75 Å². The number of benzene rings is 1. The van der Waals surface area contributed by atoms with Crippen LogP contribution < -0.4 is 5.32 Å². The maximum atomic E-state index is 11.9. The van der Waals surface area contributed by atoms with E-state index in [9.17, 15) is 9.90 Å². The van der Waals surface area contributed by atoms with Crippen LogP contribution in [0.4, 0.5) is 0 Å². The van der Waals surface area contributed by atoms with Crippen molar-refractivity contribution in [2.45, 2.75) is 31.2 Å². The zero-order valence-corrected chi connectivity index (χ0v) is 11.2. The van der Waals surface area contributed by atoms with Crippen molar-refractivity contribution in [3.05, 3.63) is 29.8 Å². The molecule has 0 atom stereocenters. The normalized spacial score (nSPS) is 17.2. The lowest BCUT2D eigenvalue weighted by Crippen LogP contribution is -2.55. The Balaban J connectivity index is 1.93. The summed E-state index contributed by atoms with van der Waals surface area (Å²) < 4.78 is 0. The highest BCUT2D eigenvalue weighted by Crippen LogP contribution is 2.33. The van der Waals surface area contributed by atoms with Crippen molar-refractivity contribution in [2.75, 3.05) is 5.33 Å². The van der Waals surface area contributed by atoms with E-state index in [2.05, 4.69) is 21.2 Å². The molecule has 1 saturated carbocycles. The number of phenolic OH excluding ortho intramolecular Hbond substituents is 1. The fourth-order valence-corrected chi connectivity index (χ4v) is 2.79. The molecular formula is C13H16BrNO2. The summed E-state index contributed by atoms with van der Waals surface area (Å²) in [6.07, 6.45) is 3.59. The Morgan fingerprint density at radius 2 is 2.24 bits per heavy atom. The van der Waals surface area contributed by atoms with Gasteiger partial charge in [-0.1, -0.05) is 28.1 Å². The van der Waals surface area contributed by atoms with Gasteiger partial charge >= 0.3 is 0 Å². The molecule has 1 fully saturated rings. The van der Waals surface area contributed by atoms with Crippen molar-refractivity contribution < 1.29 is 9.90 Å². The molecule has 1 aliphatic rings. The Bertz CT molecular complexity index is 410. The second kappa shape index (κ2) is 5.08. The van der Waals surface area contributed by atoms with Gasteiger partial charge in [-0.25, -0.2) is 0 Å². The van der Waals surface area contributed by atoms with Crippen molar-refractivity contribution in [2.24, 2.45) is 0 Å². The minimum absolute atomic E-state index is 0.0229. The number of rotatable bonds is 4. The van der Waals surface area contributed by atoms with Crippen molar-refractivity contribution in [3.8, 4) is 5.75 Å². The third-order valence-corrected chi connectivity index (χ3v) is 4.32. The summed E-state index contributed by atoms with van der Waals surface area (Å²) in [6.45, 7) is 0. The quantitative estimate of drug-likeness (QED) is 0.838. The molecule has 0 unspecified atom stereocenters. The summed E-state index contributed by atoms with van der Waals surface area (Å²) in [5, 5.41) is 13.2. The fraction of sp³-hybridized carbons (Fsp3) is 0.462. The molecule has 1 aliphatic carbocycles. The lowest BCUT2D eigenvalue weighted by Gasteiger charge is -2.41. The first kappa shape index (κ1) is 12.4. The predicted molar refractivity (Wildman–Crippen MR) is 70.3 cm³/mol. The molecule has 1 aromatic carbocycles. The number of carbonyl (C=O) groups excluding carboxylic acids is 1. The predicted octanol–water partition coefficient (Wildman–Crippen LogP) is 2.37. The van der Waals surface area contributed by atoms with Crippen LogP contribution in [0.1, 0.15) is 24.8 Å². The monoisotopic (exact) mass is 297 g/mol. The number of alkyl halides is 1. The van der Waals surface area contributed by atoms with E-state index in [1.807, 2.05) is 6.07 Å². The first-order chi connectivity index (χ1) is 8.13. The molecular weight excluding hydrogens is 282 g/mol. The third-order valence-electron chi connectivity index (χ3n) is 3.25. The van der Waals surface area contributed by atoms with Crippen LogP contribution >= 0.6 is 15.9 Å². The number of hydrogen-bond donors (Lipinski definition) is 2. The SMILES string of the molecule is O=C(Cc1cccc(O)c1)NC1(CBr)CCC1. The molecule has 0 radical (unpaired) electrons. The highest BCUT2D eigenvalue weighted by atomic mass is 79.9. The van der Waals surface area contributed by atoms with E-state index in [1.165, 1.54) is 6.42 Å². The highest BCUT2D eigenvalue weighted by Gasteiger charge is 2.36. The summed E-state index contributed by atoms with van der Waals surface area (Å²) in [7, 11) is 0. The molecule has 92 valence electrons. The molecule has 1 amide bonds. The number of carbonyl (C=O) groups is 1. The van der Waals surface area contributed by atoms with E-state index in [0.717, 1.165) is 23.7 Å². The largest absolute Gasteiger partial charge is 0.508 e. The molecule has 0 saturated heterocycles. The van der Waals surface area contributed by atoms with Crippen LogP contribution in [0.15, 0.2) is 24.3 Å². The molecule has 1 aromatic rings. The van der Waals surface area contributed by atoms with Crippen molar-refractivity contribution >= 4 is 21.8 Å². The highest BCUT2D eigenvalue weighted by molar-refractivity contribution is 9.09. The van der Waals surface area contributed by atoms with Crippen LogP contribution in [0.3, 0.4) is 0 Å². The Morgan fingerprint density at radius 1 is 1.47 bits per heavy atom. The maximum absolute atomic E-state index is 11.9. The second-order valence-corrected chi connectivity index (χ2v) is 5.22. The standard InChI is InChI=1S/C13H16BrNO2/c14-9-13(5-2-6-13)15-12(17)8-10-3-1-4-11(16)7-10/h1,3-4,7,16H,2,5-6,8-9H2,(H,15,17). The van der Waals surface area contributed by atoms with Crippen LogP contribution in [0.25, 0.3) is 0 Å². The summed E-state index contributed by atoms with van der Waals surface area (Å²) in [4.78, 5) is 11.9. The van der Waals surface area contributed by atoms with E-state index >= 15 is 0 Å². The lowest BCUT2D eigenvalue weighted by molar-refractivity contribution is -0.123. The number of halogens is 1. The molecule has 0 aliphatic heterocycles. The molecule has 0 spiro atoms.